The van der Waals surface area contributed by atoms with Crippen LogP contribution in [-0.2, 0) is 27.8 Å². The van der Waals surface area contributed by atoms with Crippen LogP contribution in [0, 0.1) is 0 Å². The molecule has 0 bridgehead atoms. The number of sulfonamides is 1. The van der Waals surface area contributed by atoms with Crippen LogP contribution in [0.4, 0.5) is 5.69 Å². The van der Waals surface area contributed by atoms with Crippen molar-refractivity contribution in [1.82, 2.24) is 4.90 Å². The molecule has 0 saturated heterocycles. The van der Waals surface area contributed by atoms with Crippen molar-refractivity contribution in [1.29, 1.82) is 0 Å². The molecule has 1 amide bonds. The van der Waals surface area contributed by atoms with E-state index in [9.17, 15) is 13.2 Å². The van der Waals surface area contributed by atoms with Gasteiger partial charge in [-0.05, 0) is 48.2 Å². The van der Waals surface area contributed by atoms with Gasteiger partial charge in [-0.1, -0.05) is 31.2 Å². The quantitative estimate of drug-likeness (QED) is 0.745. The largest absolute Gasteiger partial charge is 0.497 e. The number of carbonyl (C=O) groups excluding carboxylic acids is 1. The molecule has 2 aromatic rings. The van der Waals surface area contributed by atoms with Gasteiger partial charge in [0, 0.05) is 13.1 Å². The van der Waals surface area contributed by atoms with Gasteiger partial charge in [0.2, 0.25) is 15.9 Å². The standard InChI is InChI=1S/C21H26N2O4S/c1-4-20(21(24)22-14-13-16-7-5-6-8-17(16)15-22)23(28(3,25)26)18-9-11-19(27-2)12-10-18/h5-12,20H,4,13-15H2,1-3H3/t20-/m0/s1. The molecule has 28 heavy (non-hydrogen) atoms. The molecule has 1 heterocycles. The van der Waals surface area contributed by atoms with E-state index in [0.29, 0.717) is 30.9 Å². The lowest BCUT2D eigenvalue weighted by Crippen LogP contribution is -2.51. The van der Waals surface area contributed by atoms with Gasteiger partial charge in [-0.2, -0.15) is 0 Å². The molecule has 0 aliphatic carbocycles. The maximum Gasteiger partial charge on any atom is 0.246 e. The number of ether oxygens (including phenoxy) is 1. The summed E-state index contributed by atoms with van der Waals surface area (Å²) < 4.78 is 31.6. The van der Waals surface area contributed by atoms with Crippen LogP contribution in [0.3, 0.4) is 0 Å². The summed E-state index contributed by atoms with van der Waals surface area (Å²) in [7, 11) is -2.10. The number of anilines is 1. The second-order valence-electron chi connectivity index (χ2n) is 6.96. The SMILES string of the molecule is CC[C@@H](C(=O)N1CCc2ccccc2C1)N(c1ccc(OC)cc1)S(C)(=O)=O. The van der Waals surface area contributed by atoms with Crippen molar-refractivity contribution in [2.24, 2.45) is 0 Å². The van der Waals surface area contributed by atoms with Crippen LogP contribution in [0.25, 0.3) is 0 Å². The Balaban J connectivity index is 1.90. The molecule has 0 N–H and O–H groups in total. The van der Waals surface area contributed by atoms with Gasteiger partial charge in [-0.15, -0.1) is 0 Å². The van der Waals surface area contributed by atoms with Gasteiger partial charge in [0.05, 0.1) is 19.1 Å². The zero-order chi connectivity index (χ0) is 20.3. The lowest BCUT2D eigenvalue weighted by atomic mass is 9.99. The van der Waals surface area contributed by atoms with E-state index in [1.165, 1.54) is 9.87 Å². The Bertz CT molecular complexity index is 941. The highest BCUT2D eigenvalue weighted by atomic mass is 32.2. The van der Waals surface area contributed by atoms with Crippen molar-refractivity contribution in [3.05, 3.63) is 59.7 Å². The minimum absolute atomic E-state index is 0.168. The molecule has 0 saturated carbocycles. The Hall–Kier alpha value is -2.54. The van der Waals surface area contributed by atoms with E-state index in [0.717, 1.165) is 18.2 Å². The topological polar surface area (TPSA) is 66.9 Å². The predicted octanol–water partition coefficient (Wildman–Crippen LogP) is 2.82. The van der Waals surface area contributed by atoms with Crippen LogP contribution in [0.15, 0.2) is 48.5 Å². The lowest BCUT2D eigenvalue weighted by molar-refractivity contribution is -0.133. The molecule has 1 aliphatic rings. The first-order chi connectivity index (χ1) is 13.3. The monoisotopic (exact) mass is 402 g/mol. The van der Waals surface area contributed by atoms with Crippen LogP contribution in [0.5, 0.6) is 5.75 Å². The number of methoxy groups -OCH3 is 1. The molecule has 0 spiro atoms. The summed E-state index contributed by atoms with van der Waals surface area (Å²) >= 11 is 0. The molecule has 150 valence electrons. The van der Waals surface area contributed by atoms with Crippen LogP contribution in [0.1, 0.15) is 24.5 Å². The molecule has 6 nitrogen and oxygen atoms in total. The number of hydrogen-bond acceptors (Lipinski definition) is 4. The summed E-state index contributed by atoms with van der Waals surface area (Å²) in [6.07, 6.45) is 2.30. The minimum atomic E-state index is -3.65. The highest BCUT2D eigenvalue weighted by Crippen LogP contribution is 2.27. The first kappa shape index (κ1) is 20.2. The van der Waals surface area contributed by atoms with Crippen LogP contribution in [-0.4, -0.2) is 45.2 Å². The first-order valence-corrected chi connectivity index (χ1v) is 11.2. The fraction of sp³-hybridized carbons (Fsp3) is 0.381. The Morgan fingerprint density at radius 3 is 2.36 bits per heavy atom. The summed E-state index contributed by atoms with van der Waals surface area (Å²) in [5.74, 6) is 0.461. The van der Waals surface area contributed by atoms with Gasteiger partial charge in [-0.25, -0.2) is 8.42 Å². The molecule has 2 aromatic carbocycles. The van der Waals surface area contributed by atoms with Crippen molar-refractivity contribution < 1.29 is 17.9 Å². The normalized spacial score (nSPS) is 14.9. The molecule has 0 fully saturated rings. The van der Waals surface area contributed by atoms with Gasteiger partial charge in [0.1, 0.15) is 11.8 Å². The minimum Gasteiger partial charge on any atom is -0.497 e. The van der Waals surface area contributed by atoms with Crippen molar-refractivity contribution in [2.75, 3.05) is 24.2 Å². The van der Waals surface area contributed by atoms with Crippen LogP contribution < -0.4 is 9.04 Å². The third-order valence-corrected chi connectivity index (χ3v) is 6.26. The molecule has 0 aromatic heterocycles. The van der Waals surface area contributed by atoms with E-state index in [4.69, 9.17) is 4.74 Å². The molecule has 7 heteroatoms. The Morgan fingerprint density at radius 2 is 1.79 bits per heavy atom. The smallest absolute Gasteiger partial charge is 0.246 e. The fourth-order valence-electron chi connectivity index (χ4n) is 3.67. The zero-order valence-corrected chi connectivity index (χ0v) is 17.3. The van der Waals surface area contributed by atoms with Crippen LogP contribution >= 0.6 is 0 Å². The second-order valence-corrected chi connectivity index (χ2v) is 8.82. The molecule has 1 atom stereocenters. The van der Waals surface area contributed by atoms with E-state index < -0.39 is 16.1 Å². The molecule has 0 radical (unpaired) electrons. The highest BCUT2D eigenvalue weighted by molar-refractivity contribution is 7.92. The number of benzene rings is 2. The molecule has 0 unspecified atom stereocenters. The summed E-state index contributed by atoms with van der Waals surface area (Å²) in [5.41, 5.74) is 2.82. The Kier molecular flexibility index (Phi) is 5.93. The number of carbonyl (C=O) groups is 1. The van der Waals surface area contributed by atoms with E-state index in [-0.39, 0.29) is 5.91 Å². The van der Waals surface area contributed by atoms with E-state index in [1.807, 2.05) is 25.1 Å². The Morgan fingerprint density at radius 1 is 1.14 bits per heavy atom. The molecular weight excluding hydrogens is 376 g/mol. The highest BCUT2D eigenvalue weighted by Gasteiger charge is 2.35. The zero-order valence-electron chi connectivity index (χ0n) is 16.5. The van der Waals surface area contributed by atoms with E-state index in [1.54, 1.807) is 36.3 Å². The van der Waals surface area contributed by atoms with Crippen molar-refractivity contribution in [3.8, 4) is 5.75 Å². The average Bonchev–Trinajstić information content (AvgIpc) is 2.70. The maximum atomic E-state index is 13.3. The van der Waals surface area contributed by atoms with Gasteiger partial charge < -0.3 is 9.64 Å². The number of rotatable bonds is 6. The van der Waals surface area contributed by atoms with Crippen molar-refractivity contribution in [2.45, 2.75) is 32.4 Å². The summed E-state index contributed by atoms with van der Waals surface area (Å²) in [4.78, 5) is 15.1. The average molecular weight is 403 g/mol. The summed E-state index contributed by atoms with van der Waals surface area (Å²) in [5, 5.41) is 0. The third-order valence-electron chi connectivity index (χ3n) is 5.08. The Labute approximate surface area is 166 Å². The molecule has 3 rings (SSSR count). The molecular formula is C21H26N2O4S. The van der Waals surface area contributed by atoms with Crippen molar-refractivity contribution >= 4 is 21.6 Å². The molecule has 1 aliphatic heterocycles. The lowest BCUT2D eigenvalue weighted by Gasteiger charge is -2.36. The maximum absolute atomic E-state index is 13.3. The number of hydrogen-bond donors (Lipinski definition) is 0. The summed E-state index contributed by atoms with van der Waals surface area (Å²) in [6.45, 7) is 2.93. The second kappa shape index (κ2) is 8.22. The summed E-state index contributed by atoms with van der Waals surface area (Å²) in [6, 6.07) is 14.0. The van der Waals surface area contributed by atoms with Crippen molar-refractivity contribution in [3.63, 3.8) is 0 Å². The number of fused-ring (bicyclic) bond motifs is 1. The third kappa shape index (κ3) is 4.14. The number of nitrogens with zero attached hydrogens (tertiary/aromatic N) is 2. The first-order valence-electron chi connectivity index (χ1n) is 9.34. The van der Waals surface area contributed by atoms with Gasteiger partial charge in [-0.3, -0.25) is 9.10 Å². The fourth-order valence-corrected chi connectivity index (χ4v) is 4.87. The van der Waals surface area contributed by atoms with Crippen LogP contribution in [0.2, 0.25) is 0 Å². The van der Waals surface area contributed by atoms with E-state index in [2.05, 4.69) is 6.07 Å². The predicted molar refractivity (Wildman–Crippen MR) is 110 cm³/mol. The van der Waals surface area contributed by atoms with Gasteiger partial charge in [0.15, 0.2) is 0 Å². The van der Waals surface area contributed by atoms with E-state index >= 15 is 0 Å². The van der Waals surface area contributed by atoms with Gasteiger partial charge >= 0.3 is 0 Å². The number of amides is 1. The van der Waals surface area contributed by atoms with Gasteiger partial charge in [0.25, 0.3) is 0 Å².